The third-order valence-corrected chi connectivity index (χ3v) is 6.33. The highest BCUT2D eigenvalue weighted by Gasteiger charge is 2.30. The van der Waals surface area contributed by atoms with Gasteiger partial charge in [0, 0.05) is 24.0 Å². The van der Waals surface area contributed by atoms with E-state index in [-0.39, 0.29) is 5.95 Å². The summed E-state index contributed by atoms with van der Waals surface area (Å²) < 4.78 is 51.5. The van der Waals surface area contributed by atoms with Crippen LogP contribution >= 0.6 is 0 Å². The van der Waals surface area contributed by atoms with Crippen LogP contribution in [0.1, 0.15) is 19.4 Å². The number of nitrogens with one attached hydrogen (secondary N) is 2. The fraction of sp³-hybridized carbons (Fsp3) is 0.267. The van der Waals surface area contributed by atoms with Crippen molar-refractivity contribution >= 4 is 23.1 Å². The number of alkyl halides is 3. The van der Waals surface area contributed by atoms with E-state index in [1.165, 1.54) is 19.4 Å². The van der Waals surface area contributed by atoms with Crippen LogP contribution in [0, 0.1) is 0 Å². The summed E-state index contributed by atoms with van der Waals surface area (Å²) in [7, 11) is 1.54. The quantitative estimate of drug-likeness (QED) is 0.190. The van der Waals surface area contributed by atoms with Crippen molar-refractivity contribution < 1.29 is 22.6 Å². The van der Waals surface area contributed by atoms with Crippen LogP contribution in [-0.2, 0) is 6.18 Å². The first kappa shape index (κ1) is 28.7. The van der Waals surface area contributed by atoms with Gasteiger partial charge in [-0.1, -0.05) is 38.1 Å². The fourth-order valence-corrected chi connectivity index (χ4v) is 4.08. The monoisotopic (exact) mass is 551 g/mol. The van der Waals surface area contributed by atoms with Crippen LogP contribution in [0.15, 0.2) is 79.0 Å². The topological polar surface area (TPSA) is 71.5 Å². The minimum atomic E-state index is -4.48. The molecule has 0 fully saturated rings. The molecule has 0 aliphatic carbocycles. The van der Waals surface area contributed by atoms with E-state index in [1.807, 2.05) is 36.4 Å². The maximum absolute atomic E-state index is 13.4. The lowest BCUT2D eigenvalue weighted by Crippen LogP contribution is -2.27. The average molecular weight is 552 g/mol. The molecule has 0 unspecified atom stereocenters. The first-order chi connectivity index (χ1) is 19.3. The lowest BCUT2D eigenvalue weighted by atomic mass is 10.0. The summed E-state index contributed by atoms with van der Waals surface area (Å²) in [5.41, 5.74) is 1.31. The van der Waals surface area contributed by atoms with Gasteiger partial charge >= 0.3 is 6.18 Å². The maximum atomic E-state index is 13.4. The minimum absolute atomic E-state index is 0.267. The number of halogens is 3. The van der Waals surface area contributed by atoms with Gasteiger partial charge in [0.25, 0.3) is 0 Å². The van der Waals surface area contributed by atoms with Gasteiger partial charge in [-0.25, -0.2) is 4.98 Å². The number of aromatic nitrogens is 2. The van der Waals surface area contributed by atoms with E-state index in [1.54, 1.807) is 18.2 Å². The van der Waals surface area contributed by atoms with E-state index in [4.69, 9.17) is 9.47 Å². The molecule has 2 N–H and O–H groups in total. The molecule has 3 aromatic carbocycles. The average Bonchev–Trinajstić information content (AvgIpc) is 2.96. The third kappa shape index (κ3) is 7.41. The molecule has 0 bridgehead atoms. The molecule has 4 rings (SSSR count). The summed E-state index contributed by atoms with van der Waals surface area (Å²) in [4.78, 5) is 11.3. The molecule has 10 heteroatoms. The van der Waals surface area contributed by atoms with Gasteiger partial charge in [-0.05, 0) is 67.2 Å². The Balaban J connectivity index is 1.59. The Morgan fingerprint density at radius 3 is 2.35 bits per heavy atom. The molecule has 0 saturated heterocycles. The van der Waals surface area contributed by atoms with Gasteiger partial charge in [0.15, 0.2) is 0 Å². The summed E-state index contributed by atoms with van der Waals surface area (Å²) in [5, 5.41) is 6.36. The number of ether oxygens (including phenoxy) is 2. The Bertz CT molecular complexity index is 1390. The van der Waals surface area contributed by atoms with Gasteiger partial charge in [0.2, 0.25) is 5.95 Å². The molecule has 0 spiro atoms. The summed E-state index contributed by atoms with van der Waals surface area (Å²) in [5.74, 6) is 1.89. The first-order valence-electron chi connectivity index (χ1n) is 13.0. The maximum Gasteiger partial charge on any atom is 0.416 e. The molecule has 0 aliphatic heterocycles. The SMILES string of the molecule is CCN(CC)CCOc1ccc(Nc2ncc(-c3cccc(C(F)(F)F)c3)c(Nc3ccccc3OC)n2)cc1. The molecule has 0 amide bonds. The van der Waals surface area contributed by atoms with Crippen LogP contribution in [0.25, 0.3) is 11.1 Å². The van der Waals surface area contributed by atoms with Crippen molar-refractivity contribution in [3.63, 3.8) is 0 Å². The number of nitrogens with zero attached hydrogens (tertiary/aromatic N) is 3. The summed E-state index contributed by atoms with van der Waals surface area (Å²) in [6, 6.07) is 19.7. The number of methoxy groups -OCH3 is 1. The first-order valence-corrected chi connectivity index (χ1v) is 13.0. The number of likely N-dealkylation sites (N-methyl/N-ethyl adjacent to an activating group) is 1. The van der Waals surface area contributed by atoms with Crippen LogP contribution in [-0.4, -0.2) is 48.2 Å². The Morgan fingerprint density at radius 2 is 1.65 bits per heavy atom. The van der Waals surface area contributed by atoms with E-state index in [0.29, 0.717) is 35.0 Å². The van der Waals surface area contributed by atoms with Gasteiger partial charge in [-0.2, -0.15) is 18.2 Å². The predicted molar refractivity (Wildman–Crippen MR) is 152 cm³/mol. The van der Waals surface area contributed by atoms with Crippen LogP contribution in [0.4, 0.5) is 36.3 Å². The Morgan fingerprint density at radius 1 is 0.900 bits per heavy atom. The Kier molecular flexibility index (Phi) is 9.44. The second-order valence-electron chi connectivity index (χ2n) is 8.88. The Labute approximate surface area is 232 Å². The number of hydrogen-bond donors (Lipinski definition) is 2. The number of para-hydroxylation sites is 2. The second-order valence-corrected chi connectivity index (χ2v) is 8.88. The zero-order valence-electron chi connectivity index (χ0n) is 22.6. The molecule has 7 nitrogen and oxygen atoms in total. The van der Waals surface area contributed by atoms with E-state index >= 15 is 0 Å². The van der Waals surface area contributed by atoms with Crippen LogP contribution in [0.3, 0.4) is 0 Å². The Hall–Kier alpha value is -4.31. The van der Waals surface area contributed by atoms with Crippen molar-refractivity contribution in [3.8, 4) is 22.6 Å². The molecule has 1 heterocycles. The van der Waals surface area contributed by atoms with Gasteiger partial charge in [0.1, 0.15) is 23.9 Å². The molecule has 0 aliphatic rings. The molecule has 0 saturated carbocycles. The van der Waals surface area contributed by atoms with Gasteiger partial charge in [-0.3, -0.25) is 0 Å². The molecule has 210 valence electrons. The van der Waals surface area contributed by atoms with Crippen molar-refractivity contribution in [2.75, 3.05) is 44.0 Å². The summed E-state index contributed by atoms with van der Waals surface area (Å²) in [6.07, 6.45) is -2.98. The molecule has 1 aromatic heterocycles. The summed E-state index contributed by atoms with van der Waals surface area (Å²) >= 11 is 0. The van der Waals surface area contributed by atoms with Crippen molar-refractivity contribution in [3.05, 3.63) is 84.6 Å². The van der Waals surface area contributed by atoms with E-state index in [0.717, 1.165) is 43.2 Å². The van der Waals surface area contributed by atoms with Gasteiger partial charge in [-0.15, -0.1) is 0 Å². The minimum Gasteiger partial charge on any atom is -0.495 e. The molecule has 40 heavy (non-hydrogen) atoms. The van der Waals surface area contributed by atoms with E-state index in [2.05, 4.69) is 39.3 Å². The molecular weight excluding hydrogens is 519 g/mol. The number of benzene rings is 3. The summed E-state index contributed by atoms with van der Waals surface area (Å²) in [6.45, 7) is 7.63. The van der Waals surface area contributed by atoms with Gasteiger partial charge < -0.3 is 25.0 Å². The third-order valence-electron chi connectivity index (χ3n) is 6.33. The number of rotatable bonds is 12. The zero-order chi connectivity index (χ0) is 28.5. The van der Waals surface area contributed by atoms with Crippen molar-refractivity contribution in [1.29, 1.82) is 0 Å². The highest BCUT2D eigenvalue weighted by Crippen LogP contribution is 2.36. The van der Waals surface area contributed by atoms with Gasteiger partial charge in [0.05, 0.1) is 18.4 Å². The lowest BCUT2D eigenvalue weighted by molar-refractivity contribution is -0.137. The van der Waals surface area contributed by atoms with Crippen LogP contribution in [0.2, 0.25) is 0 Å². The number of hydrogen-bond acceptors (Lipinski definition) is 7. The van der Waals surface area contributed by atoms with E-state index in [9.17, 15) is 13.2 Å². The van der Waals surface area contributed by atoms with Crippen molar-refractivity contribution in [2.24, 2.45) is 0 Å². The normalized spacial score (nSPS) is 11.4. The molecule has 4 aromatic rings. The molecular formula is C30H32F3N5O2. The lowest BCUT2D eigenvalue weighted by Gasteiger charge is -2.18. The van der Waals surface area contributed by atoms with Crippen molar-refractivity contribution in [2.45, 2.75) is 20.0 Å². The second kappa shape index (κ2) is 13.2. The van der Waals surface area contributed by atoms with Crippen LogP contribution < -0.4 is 20.1 Å². The molecule has 0 atom stereocenters. The highest BCUT2D eigenvalue weighted by atomic mass is 19.4. The predicted octanol–water partition coefficient (Wildman–Crippen LogP) is 7.38. The van der Waals surface area contributed by atoms with Crippen molar-refractivity contribution in [1.82, 2.24) is 14.9 Å². The highest BCUT2D eigenvalue weighted by molar-refractivity contribution is 5.80. The standard InChI is InChI=1S/C30H32F3N5O2/c1-4-38(5-2)17-18-40-24-15-13-23(14-16-24)35-29-34-20-25(21-9-8-10-22(19-21)30(31,32)33)28(37-29)36-26-11-6-7-12-27(26)39-3/h6-16,19-20H,4-5,17-18H2,1-3H3,(H2,34,35,36,37). The van der Waals surface area contributed by atoms with Crippen LogP contribution in [0.5, 0.6) is 11.5 Å². The fourth-order valence-electron chi connectivity index (χ4n) is 4.08. The smallest absolute Gasteiger partial charge is 0.416 e. The molecule has 0 radical (unpaired) electrons. The van der Waals surface area contributed by atoms with E-state index < -0.39 is 11.7 Å². The zero-order valence-corrected chi connectivity index (χ0v) is 22.6. The largest absolute Gasteiger partial charge is 0.495 e. The number of anilines is 4.